The van der Waals surface area contributed by atoms with Gasteiger partial charge in [0.1, 0.15) is 0 Å². The summed E-state index contributed by atoms with van der Waals surface area (Å²) >= 11 is 0. The van der Waals surface area contributed by atoms with Crippen LogP contribution in [-0.4, -0.2) is 9.78 Å². The van der Waals surface area contributed by atoms with Crippen LogP contribution in [0.3, 0.4) is 0 Å². The van der Waals surface area contributed by atoms with Crippen molar-refractivity contribution in [3.63, 3.8) is 0 Å². The first kappa shape index (κ1) is 11.9. The third kappa shape index (κ3) is 2.56. The SMILES string of the molecule is CCCn1cc(-c2ccc(CN)cc2C)cn1. The Kier molecular flexibility index (Phi) is 3.59. The molecule has 90 valence electrons. The predicted octanol–water partition coefficient (Wildman–Crippen LogP) is 2.73. The van der Waals surface area contributed by atoms with E-state index in [0.717, 1.165) is 13.0 Å². The molecule has 0 aliphatic carbocycles. The second-order valence-corrected chi connectivity index (χ2v) is 4.35. The van der Waals surface area contributed by atoms with Crippen molar-refractivity contribution in [1.29, 1.82) is 0 Å². The van der Waals surface area contributed by atoms with Crippen LogP contribution in [0, 0.1) is 6.92 Å². The highest BCUT2D eigenvalue weighted by Crippen LogP contribution is 2.23. The van der Waals surface area contributed by atoms with E-state index in [1.807, 2.05) is 10.9 Å². The fourth-order valence-electron chi connectivity index (χ4n) is 2.03. The average molecular weight is 229 g/mol. The zero-order valence-corrected chi connectivity index (χ0v) is 10.5. The number of hydrogen-bond acceptors (Lipinski definition) is 2. The van der Waals surface area contributed by atoms with Crippen molar-refractivity contribution >= 4 is 0 Å². The molecule has 2 aromatic rings. The van der Waals surface area contributed by atoms with Crippen LogP contribution in [0.5, 0.6) is 0 Å². The van der Waals surface area contributed by atoms with E-state index < -0.39 is 0 Å². The summed E-state index contributed by atoms with van der Waals surface area (Å²) in [4.78, 5) is 0. The maximum absolute atomic E-state index is 5.63. The molecule has 0 spiro atoms. The molecule has 0 aliphatic heterocycles. The predicted molar refractivity (Wildman–Crippen MR) is 70.6 cm³/mol. The van der Waals surface area contributed by atoms with Crippen LogP contribution >= 0.6 is 0 Å². The molecule has 0 fully saturated rings. The number of aromatic nitrogens is 2. The zero-order chi connectivity index (χ0) is 12.3. The van der Waals surface area contributed by atoms with Crippen molar-refractivity contribution in [1.82, 2.24) is 9.78 Å². The fourth-order valence-corrected chi connectivity index (χ4v) is 2.03. The maximum Gasteiger partial charge on any atom is 0.0568 e. The summed E-state index contributed by atoms with van der Waals surface area (Å²) in [5.74, 6) is 0. The Morgan fingerprint density at radius 2 is 2.18 bits per heavy atom. The Labute approximate surface area is 102 Å². The van der Waals surface area contributed by atoms with Gasteiger partial charge in [0.15, 0.2) is 0 Å². The topological polar surface area (TPSA) is 43.8 Å². The quantitative estimate of drug-likeness (QED) is 0.876. The number of nitrogens with two attached hydrogens (primary N) is 1. The van der Waals surface area contributed by atoms with E-state index in [9.17, 15) is 0 Å². The summed E-state index contributed by atoms with van der Waals surface area (Å²) in [6, 6.07) is 6.36. The Bertz CT molecular complexity index is 500. The van der Waals surface area contributed by atoms with Gasteiger partial charge in [-0.2, -0.15) is 5.10 Å². The molecule has 0 amide bonds. The van der Waals surface area contributed by atoms with Gasteiger partial charge >= 0.3 is 0 Å². The van der Waals surface area contributed by atoms with Gasteiger partial charge in [0.25, 0.3) is 0 Å². The molecular weight excluding hydrogens is 210 g/mol. The lowest BCUT2D eigenvalue weighted by Crippen LogP contribution is -1.97. The summed E-state index contributed by atoms with van der Waals surface area (Å²) in [7, 11) is 0. The Morgan fingerprint density at radius 3 is 2.82 bits per heavy atom. The lowest BCUT2D eigenvalue weighted by molar-refractivity contribution is 0.603. The highest BCUT2D eigenvalue weighted by atomic mass is 15.3. The number of hydrogen-bond donors (Lipinski definition) is 1. The molecule has 3 heteroatoms. The van der Waals surface area contributed by atoms with Crippen molar-refractivity contribution in [3.8, 4) is 11.1 Å². The molecule has 0 bridgehead atoms. The van der Waals surface area contributed by atoms with Crippen LogP contribution in [0.1, 0.15) is 24.5 Å². The van der Waals surface area contributed by atoms with Gasteiger partial charge in [0, 0.05) is 24.8 Å². The number of nitrogens with zero attached hydrogens (tertiary/aromatic N) is 2. The molecule has 1 aromatic heterocycles. The molecule has 0 radical (unpaired) electrons. The minimum atomic E-state index is 0.593. The van der Waals surface area contributed by atoms with E-state index in [-0.39, 0.29) is 0 Å². The molecule has 0 saturated heterocycles. The first-order chi connectivity index (χ1) is 8.24. The molecule has 17 heavy (non-hydrogen) atoms. The van der Waals surface area contributed by atoms with Gasteiger partial charge in [-0.15, -0.1) is 0 Å². The van der Waals surface area contributed by atoms with Gasteiger partial charge in [-0.25, -0.2) is 0 Å². The molecule has 0 aliphatic rings. The molecule has 0 atom stereocenters. The van der Waals surface area contributed by atoms with Gasteiger partial charge in [-0.1, -0.05) is 25.1 Å². The number of rotatable bonds is 4. The van der Waals surface area contributed by atoms with Crippen LogP contribution in [0.15, 0.2) is 30.6 Å². The molecule has 0 unspecified atom stereocenters. The molecule has 2 N–H and O–H groups in total. The van der Waals surface area contributed by atoms with Crippen molar-refractivity contribution in [3.05, 3.63) is 41.7 Å². The second-order valence-electron chi connectivity index (χ2n) is 4.35. The zero-order valence-electron chi connectivity index (χ0n) is 10.5. The third-order valence-electron chi connectivity index (χ3n) is 2.92. The van der Waals surface area contributed by atoms with Crippen LogP contribution in [0.25, 0.3) is 11.1 Å². The standard InChI is InChI=1S/C14H19N3/c1-3-6-17-10-13(9-16-17)14-5-4-12(8-15)7-11(14)2/h4-5,7,9-10H,3,6,8,15H2,1-2H3. The smallest absolute Gasteiger partial charge is 0.0568 e. The van der Waals surface area contributed by atoms with E-state index in [4.69, 9.17) is 5.73 Å². The molecule has 2 rings (SSSR count). The summed E-state index contributed by atoms with van der Waals surface area (Å²) in [6.07, 6.45) is 5.14. The monoisotopic (exact) mass is 229 g/mol. The molecule has 0 saturated carbocycles. The van der Waals surface area contributed by atoms with E-state index in [0.29, 0.717) is 6.54 Å². The molecular formula is C14H19N3. The summed E-state index contributed by atoms with van der Waals surface area (Å²) in [6.45, 7) is 5.84. The lowest BCUT2D eigenvalue weighted by atomic mass is 10.0. The van der Waals surface area contributed by atoms with Crippen LogP contribution in [0.4, 0.5) is 0 Å². The third-order valence-corrected chi connectivity index (χ3v) is 2.92. The Morgan fingerprint density at radius 1 is 1.35 bits per heavy atom. The summed E-state index contributed by atoms with van der Waals surface area (Å²) in [5.41, 5.74) is 10.5. The normalized spacial score (nSPS) is 10.8. The molecule has 1 aromatic carbocycles. The highest BCUT2D eigenvalue weighted by molar-refractivity contribution is 5.66. The van der Waals surface area contributed by atoms with Gasteiger partial charge in [0.2, 0.25) is 0 Å². The average Bonchev–Trinajstić information content (AvgIpc) is 2.78. The van der Waals surface area contributed by atoms with Gasteiger partial charge in [-0.05, 0) is 30.0 Å². The van der Waals surface area contributed by atoms with E-state index in [2.05, 4.69) is 43.3 Å². The van der Waals surface area contributed by atoms with Gasteiger partial charge < -0.3 is 5.73 Å². The van der Waals surface area contributed by atoms with Gasteiger partial charge in [-0.3, -0.25) is 4.68 Å². The van der Waals surface area contributed by atoms with Crippen molar-refractivity contribution in [2.45, 2.75) is 33.4 Å². The lowest BCUT2D eigenvalue weighted by Gasteiger charge is -2.05. The van der Waals surface area contributed by atoms with Crippen molar-refractivity contribution in [2.24, 2.45) is 5.73 Å². The highest BCUT2D eigenvalue weighted by Gasteiger charge is 2.05. The van der Waals surface area contributed by atoms with Gasteiger partial charge in [0.05, 0.1) is 6.20 Å². The van der Waals surface area contributed by atoms with E-state index in [1.165, 1.54) is 22.3 Å². The first-order valence-electron chi connectivity index (χ1n) is 6.07. The minimum absolute atomic E-state index is 0.593. The minimum Gasteiger partial charge on any atom is -0.326 e. The fraction of sp³-hybridized carbons (Fsp3) is 0.357. The number of benzene rings is 1. The first-order valence-corrected chi connectivity index (χ1v) is 6.07. The van der Waals surface area contributed by atoms with Crippen LogP contribution in [-0.2, 0) is 13.1 Å². The summed E-state index contributed by atoms with van der Waals surface area (Å²) < 4.78 is 1.99. The van der Waals surface area contributed by atoms with E-state index >= 15 is 0 Å². The molecule has 3 nitrogen and oxygen atoms in total. The number of aryl methyl sites for hydroxylation is 2. The summed E-state index contributed by atoms with van der Waals surface area (Å²) in [5, 5.41) is 4.36. The largest absolute Gasteiger partial charge is 0.326 e. The van der Waals surface area contributed by atoms with E-state index in [1.54, 1.807) is 0 Å². The second kappa shape index (κ2) is 5.15. The maximum atomic E-state index is 5.63. The van der Waals surface area contributed by atoms with Crippen LogP contribution < -0.4 is 5.73 Å². The van der Waals surface area contributed by atoms with Crippen molar-refractivity contribution < 1.29 is 0 Å². The Balaban J connectivity index is 2.32. The Hall–Kier alpha value is -1.61. The molecule has 1 heterocycles. The van der Waals surface area contributed by atoms with Crippen molar-refractivity contribution in [2.75, 3.05) is 0 Å². The van der Waals surface area contributed by atoms with Crippen LogP contribution in [0.2, 0.25) is 0 Å².